The molecule has 1 rings (SSSR count). The van der Waals surface area contributed by atoms with Crippen molar-refractivity contribution in [3.63, 3.8) is 0 Å². The Balaban J connectivity index is 2.58. The maximum atomic E-state index is 12.2. The second-order valence-electron chi connectivity index (χ2n) is 2.22. The van der Waals surface area contributed by atoms with Gasteiger partial charge in [-0.25, -0.2) is 13.2 Å². The van der Waals surface area contributed by atoms with E-state index in [-0.39, 0.29) is 6.42 Å². The van der Waals surface area contributed by atoms with Gasteiger partial charge in [0.05, 0.1) is 0 Å². The highest BCUT2D eigenvalue weighted by molar-refractivity contribution is 5.04. The number of halogens is 3. The molecule has 2 atom stereocenters. The van der Waals surface area contributed by atoms with E-state index in [9.17, 15) is 13.2 Å². The Morgan fingerprint density at radius 2 is 2.11 bits per heavy atom. The van der Waals surface area contributed by atoms with E-state index in [1.54, 1.807) is 0 Å². The van der Waals surface area contributed by atoms with E-state index >= 15 is 0 Å². The van der Waals surface area contributed by atoms with Crippen LogP contribution < -0.4 is 0 Å². The van der Waals surface area contributed by atoms with Crippen LogP contribution >= 0.6 is 0 Å². The molecule has 0 nitrogen and oxygen atoms in total. The van der Waals surface area contributed by atoms with Gasteiger partial charge in [0, 0.05) is 5.92 Å². The summed E-state index contributed by atoms with van der Waals surface area (Å²) < 4.78 is 36.2. The molecule has 1 fully saturated rings. The van der Waals surface area contributed by atoms with E-state index in [0.717, 1.165) is 6.08 Å². The molecule has 0 radical (unpaired) electrons. The van der Waals surface area contributed by atoms with Crippen LogP contribution in [0.2, 0.25) is 0 Å². The predicted octanol–water partition coefficient (Wildman–Crippen LogP) is 2.17. The van der Waals surface area contributed by atoms with Crippen molar-refractivity contribution in [2.75, 3.05) is 0 Å². The Kier molecular flexibility index (Phi) is 1.30. The van der Waals surface area contributed by atoms with Crippen molar-refractivity contribution in [2.45, 2.75) is 18.5 Å². The van der Waals surface area contributed by atoms with E-state index in [4.69, 9.17) is 0 Å². The molecule has 0 heterocycles. The summed E-state index contributed by atoms with van der Waals surface area (Å²) in [5, 5.41) is 0. The van der Waals surface area contributed by atoms with Crippen LogP contribution in [-0.4, -0.2) is 12.1 Å². The van der Waals surface area contributed by atoms with Crippen molar-refractivity contribution in [3.8, 4) is 0 Å². The molecule has 3 heteroatoms. The summed E-state index contributed by atoms with van der Waals surface area (Å²) in [7, 11) is 0. The first-order valence-electron chi connectivity index (χ1n) is 2.73. The molecule has 1 aliphatic rings. The van der Waals surface area contributed by atoms with Crippen molar-refractivity contribution in [1.29, 1.82) is 0 Å². The van der Waals surface area contributed by atoms with Crippen LogP contribution in [0.5, 0.6) is 0 Å². The second kappa shape index (κ2) is 1.75. The minimum atomic E-state index is -3.14. The first kappa shape index (κ1) is 6.65. The van der Waals surface area contributed by atoms with E-state index < -0.39 is 18.0 Å². The van der Waals surface area contributed by atoms with E-state index in [0.29, 0.717) is 0 Å². The van der Waals surface area contributed by atoms with Gasteiger partial charge in [0.2, 0.25) is 0 Å². The van der Waals surface area contributed by atoms with Crippen LogP contribution in [0.3, 0.4) is 0 Å². The molecule has 0 saturated heterocycles. The number of allylic oxidation sites excluding steroid dienone is 1. The molecule has 0 N–H and O–H groups in total. The summed E-state index contributed by atoms with van der Waals surface area (Å²) >= 11 is 0. The molecule has 0 aromatic carbocycles. The number of hydrogen-bond donors (Lipinski definition) is 0. The molecule has 52 valence electrons. The topological polar surface area (TPSA) is 0 Å². The second-order valence-corrected chi connectivity index (χ2v) is 2.22. The van der Waals surface area contributed by atoms with Gasteiger partial charge in [0.25, 0.3) is 5.92 Å². The van der Waals surface area contributed by atoms with Crippen LogP contribution in [-0.2, 0) is 0 Å². The monoisotopic (exact) mass is 136 g/mol. The van der Waals surface area contributed by atoms with Crippen LogP contribution in [0.4, 0.5) is 13.2 Å². The average Bonchev–Trinajstić information content (AvgIpc) is 1.82. The van der Waals surface area contributed by atoms with Crippen molar-refractivity contribution in [2.24, 2.45) is 5.92 Å². The fourth-order valence-electron chi connectivity index (χ4n) is 0.862. The number of alkyl halides is 3. The lowest BCUT2D eigenvalue weighted by Crippen LogP contribution is -2.49. The van der Waals surface area contributed by atoms with Crippen molar-refractivity contribution < 1.29 is 13.2 Å². The molecule has 0 aromatic heterocycles. The smallest absolute Gasteiger partial charge is 0.241 e. The Bertz CT molecular complexity index is 130. The van der Waals surface area contributed by atoms with E-state index in [2.05, 4.69) is 6.58 Å². The Morgan fingerprint density at radius 1 is 1.56 bits per heavy atom. The van der Waals surface area contributed by atoms with Crippen LogP contribution in [0.25, 0.3) is 0 Å². The molecule has 0 aliphatic heterocycles. The fraction of sp³-hybridized carbons (Fsp3) is 0.667. The zero-order valence-corrected chi connectivity index (χ0v) is 4.78. The first-order valence-corrected chi connectivity index (χ1v) is 2.73. The number of hydrogen-bond acceptors (Lipinski definition) is 0. The van der Waals surface area contributed by atoms with E-state index in [1.807, 2.05) is 0 Å². The molecule has 2 unspecified atom stereocenters. The van der Waals surface area contributed by atoms with Gasteiger partial charge in [0.1, 0.15) is 0 Å². The van der Waals surface area contributed by atoms with Crippen LogP contribution in [0.15, 0.2) is 12.7 Å². The third-order valence-electron chi connectivity index (χ3n) is 1.66. The van der Waals surface area contributed by atoms with Crippen LogP contribution in [0, 0.1) is 5.92 Å². The van der Waals surface area contributed by atoms with E-state index in [1.165, 1.54) is 0 Å². The molecule has 0 aromatic rings. The predicted molar refractivity (Wildman–Crippen MR) is 28.1 cm³/mol. The highest BCUT2D eigenvalue weighted by Gasteiger charge is 2.56. The van der Waals surface area contributed by atoms with Gasteiger partial charge in [-0.15, -0.1) is 6.58 Å². The zero-order chi connectivity index (χ0) is 7.07. The summed E-state index contributed by atoms with van der Waals surface area (Å²) in [5.74, 6) is -4.07. The maximum Gasteiger partial charge on any atom is 0.284 e. The quantitative estimate of drug-likeness (QED) is 0.484. The summed E-state index contributed by atoms with van der Waals surface area (Å²) in [6, 6.07) is 0. The highest BCUT2D eigenvalue weighted by Crippen LogP contribution is 2.46. The largest absolute Gasteiger partial charge is 0.284 e. The number of rotatable bonds is 1. The summed E-state index contributed by atoms with van der Waals surface area (Å²) in [6.45, 7) is 3.17. The zero-order valence-electron chi connectivity index (χ0n) is 4.78. The standard InChI is InChI=1S/C6H7F3/c1-2-4-3-5(7)6(4,8)9/h2,4-5H,1,3H2. The van der Waals surface area contributed by atoms with Gasteiger partial charge in [-0.3, -0.25) is 0 Å². The molecule has 1 saturated carbocycles. The van der Waals surface area contributed by atoms with Gasteiger partial charge >= 0.3 is 0 Å². The lowest BCUT2D eigenvalue weighted by Gasteiger charge is -2.37. The highest BCUT2D eigenvalue weighted by atomic mass is 19.3. The molecule has 9 heavy (non-hydrogen) atoms. The third-order valence-corrected chi connectivity index (χ3v) is 1.66. The Labute approximate surface area is 51.4 Å². The minimum Gasteiger partial charge on any atom is -0.241 e. The van der Waals surface area contributed by atoms with Crippen molar-refractivity contribution >= 4 is 0 Å². The van der Waals surface area contributed by atoms with Gasteiger partial charge in [-0.1, -0.05) is 6.08 Å². The molecule has 1 aliphatic carbocycles. The Hall–Kier alpha value is -0.470. The fourth-order valence-corrected chi connectivity index (χ4v) is 0.862. The normalized spacial score (nSPS) is 39.4. The molecule has 0 amide bonds. The van der Waals surface area contributed by atoms with Gasteiger partial charge < -0.3 is 0 Å². The first-order chi connectivity index (χ1) is 4.09. The van der Waals surface area contributed by atoms with Crippen molar-refractivity contribution in [1.82, 2.24) is 0 Å². The molecule has 0 bridgehead atoms. The van der Waals surface area contributed by atoms with Crippen molar-refractivity contribution in [3.05, 3.63) is 12.7 Å². The lowest BCUT2D eigenvalue weighted by atomic mass is 9.79. The lowest BCUT2D eigenvalue weighted by molar-refractivity contribution is -0.176. The maximum absolute atomic E-state index is 12.2. The SMILES string of the molecule is C=CC1CC(F)C1(F)F. The average molecular weight is 136 g/mol. The van der Waals surface area contributed by atoms with Gasteiger partial charge in [0.15, 0.2) is 6.17 Å². The third kappa shape index (κ3) is 0.749. The van der Waals surface area contributed by atoms with Gasteiger partial charge in [-0.05, 0) is 6.42 Å². The summed E-state index contributed by atoms with van der Waals surface area (Å²) in [6.07, 6.45) is -0.910. The molecular weight excluding hydrogens is 129 g/mol. The summed E-state index contributed by atoms with van der Waals surface area (Å²) in [4.78, 5) is 0. The molecular formula is C6H7F3. The Morgan fingerprint density at radius 3 is 2.22 bits per heavy atom. The van der Waals surface area contributed by atoms with Crippen LogP contribution in [0.1, 0.15) is 6.42 Å². The molecule has 0 spiro atoms. The summed E-state index contributed by atoms with van der Waals surface area (Å²) in [5.41, 5.74) is 0. The van der Waals surface area contributed by atoms with Gasteiger partial charge in [-0.2, -0.15) is 0 Å². The minimum absolute atomic E-state index is 0.0729.